The molecular formula is C13H9BrN4S. The number of rotatable bonds is 2. The van der Waals surface area contributed by atoms with Gasteiger partial charge in [-0.1, -0.05) is 11.8 Å². The Labute approximate surface area is 122 Å². The third kappa shape index (κ3) is 2.54. The number of fused-ring (bicyclic) bond motifs is 1. The molecule has 3 aromatic rings. The Hall–Kier alpha value is -1.66. The molecule has 0 aromatic carbocycles. The molecule has 0 aliphatic heterocycles. The van der Waals surface area contributed by atoms with Crippen molar-refractivity contribution in [1.82, 2.24) is 15.0 Å². The van der Waals surface area contributed by atoms with Crippen LogP contribution in [0.15, 0.2) is 57.3 Å². The number of halogens is 1. The van der Waals surface area contributed by atoms with Crippen molar-refractivity contribution in [2.45, 2.75) is 9.92 Å². The summed E-state index contributed by atoms with van der Waals surface area (Å²) in [5, 5.41) is 0.778. The van der Waals surface area contributed by atoms with Crippen LogP contribution in [0.2, 0.25) is 0 Å². The van der Waals surface area contributed by atoms with Gasteiger partial charge in [0.1, 0.15) is 10.5 Å². The first-order valence-corrected chi connectivity index (χ1v) is 7.13. The van der Waals surface area contributed by atoms with E-state index in [0.717, 1.165) is 25.4 Å². The van der Waals surface area contributed by atoms with Gasteiger partial charge in [0, 0.05) is 28.0 Å². The molecular weight excluding hydrogens is 324 g/mol. The average molecular weight is 333 g/mol. The van der Waals surface area contributed by atoms with Gasteiger partial charge in [0.25, 0.3) is 0 Å². The zero-order valence-electron chi connectivity index (χ0n) is 9.75. The zero-order valence-corrected chi connectivity index (χ0v) is 12.1. The molecule has 0 aliphatic carbocycles. The van der Waals surface area contributed by atoms with E-state index in [2.05, 4.69) is 30.9 Å². The highest BCUT2D eigenvalue weighted by molar-refractivity contribution is 9.10. The van der Waals surface area contributed by atoms with Gasteiger partial charge < -0.3 is 5.73 Å². The summed E-state index contributed by atoms with van der Waals surface area (Å²) in [7, 11) is 0. The number of nitrogens with zero attached hydrogens (tertiary/aromatic N) is 3. The minimum Gasteiger partial charge on any atom is -0.397 e. The molecule has 3 aromatic heterocycles. The number of nitrogens with two attached hydrogens (primary N) is 1. The Morgan fingerprint density at radius 2 is 2.00 bits per heavy atom. The van der Waals surface area contributed by atoms with Crippen LogP contribution in [0.5, 0.6) is 0 Å². The van der Waals surface area contributed by atoms with Crippen molar-refractivity contribution in [1.29, 1.82) is 0 Å². The van der Waals surface area contributed by atoms with Crippen molar-refractivity contribution in [3.05, 3.63) is 47.3 Å². The van der Waals surface area contributed by atoms with Crippen LogP contribution < -0.4 is 5.73 Å². The maximum absolute atomic E-state index is 5.91. The molecule has 0 fully saturated rings. The second-order valence-corrected chi connectivity index (χ2v) is 5.78. The fraction of sp³-hybridized carbons (Fsp3) is 0. The topological polar surface area (TPSA) is 64.7 Å². The van der Waals surface area contributed by atoms with E-state index in [1.54, 1.807) is 18.6 Å². The lowest BCUT2D eigenvalue weighted by Gasteiger charge is -2.06. The van der Waals surface area contributed by atoms with Gasteiger partial charge in [-0.3, -0.25) is 9.97 Å². The molecule has 0 saturated carbocycles. The van der Waals surface area contributed by atoms with Crippen molar-refractivity contribution < 1.29 is 0 Å². The molecule has 0 unspecified atom stereocenters. The van der Waals surface area contributed by atoms with Crippen molar-refractivity contribution in [2.75, 3.05) is 5.73 Å². The van der Waals surface area contributed by atoms with Gasteiger partial charge in [0.2, 0.25) is 0 Å². The van der Waals surface area contributed by atoms with E-state index >= 15 is 0 Å². The van der Waals surface area contributed by atoms with Crippen molar-refractivity contribution in [2.24, 2.45) is 0 Å². The van der Waals surface area contributed by atoms with Gasteiger partial charge >= 0.3 is 0 Å². The molecule has 0 bridgehead atoms. The minimum absolute atomic E-state index is 0.662. The van der Waals surface area contributed by atoms with Gasteiger partial charge in [-0.15, -0.1) is 0 Å². The van der Waals surface area contributed by atoms with Gasteiger partial charge in [-0.25, -0.2) is 4.98 Å². The summed E-state index contributed by atoms with van der Waals surface area (Å²) in [4.78, 5) is 14.0. The van der Waals surface area contributed by atoms with E-state index in [4.69, 9.17) is 5.73 Å². The second kappa shape index (κ2) is 5.14. The lowest BCUT2D eigenvalue weighted by Crippen LogP contribution is -1.92. The molecule has 94 valence electrons. The quantitative estimate of drug-likeness (QED) is 0.777. The van der Waals surface area contributed by atoms with Gasteiger partial charge in [0.15, 0.2) is 0 Å². The summed E-state index contributed by atoms with van der Waals surface area (Å²) in [6.45, 7) is 0. The first-order valence-electron chi connectivity index (χ1n) is 5.52. The minimum atomic E-state index is 0.662. The maximum atomic E-state index is 5.91. The summed E-state index contributed by atoms with van der Waals surface area (Å²) in [6.07, 6.45) is 5.25. The molecule has 0 atom stereocenters. The Morgan fingerprint density at radius 3 is 2.84 bits per heavy atom. The van der Waals surface area contributed by atoms with Crippen LogP contribution in [0, 0.1) is 0 Å². The number of anilines is 1. The second-order valence-electron chi connectivity index (χ2n) is 3.83. The summed E-state index contributed by atoms with van der Waals surface area (Å²) < 4.78 is 0.909. The number of aromatic nitrogens is 3. The van der Waals surface area contributed by atoms with Gasteiger partial charge in [-0.05, 0) is 40.2 Å². The standard InChI is InChI=1S/C13H9BrN4S/c14-8-6-10-12(18-7-8)11(3-5-16-10)19-13-9(15)2-1-4-17-13/h1-7H,15H2. The molecule has 3 heterocycles. The molecule has 0 aliphatic rings. The van der Waals surface area contributed by atoms with E-state index in [1.165, 1.54) is 11.8 Å². The number of nitrogen functional groups attached to an aromatic ring is 1. The van der Waals surface area contributed by atoms with Crippen LogP contribution in [0.4, 0.5) is 5.69 Å². The van der Waals surface area contributed by atoms with E-state index in [-0.39, 0.29) is 0 Å². The zero-order chi connectivity index (χ0) is 13.2. The van der Waals surface area contributed by atoms with Crippen LogP contribution in [-0.2, 0) is 0 Å². The fourth-order valence-electron chi connectivity index (χ4n) is 1.66. The molecule has 4 nitrogen and oxygen atoms in total. The lowest BCUT2D eigenvalue weighted by atomic mass is 10.3. The van der Waals surface area contributed by atoms with Crippen molar-refractivity contribution >= 4 is 44.4 Å². The van der Waals surface area contributed by atoms with E-state index < -0.39 is 0 Å². The Bertz CT molecular complexity index is 748. The summed E-state index contributed by atoms with van der Waals surface area (Å²) in [5.74, 6) is 0. The van der Waals surface area contributed by atoms with E-state index in [0.29, 0.717) is 5.69 Å². The van der Waals surface area contributed by atoms with E-state index in [1.807, 2.05) is 24.3 Å². The molecule has 0 saturated heterocycles. The highest BCUT2D eigenvalue weighted by Crippen LogP contribution is 2.33. The third-order valence-electron chi connectivity index (χ3n) is 2.51. The fourth-order valence-corrected chi connectivity index (χ4v) is 2.87. The Kier molecular flexibility index (Phi) is 3.35. The predicted octanol–water partition coefficient (Wildman–Crippen LogP) is 3.52. The molecule has 2 N–H and O–H groups in total. The average Bonchev–Trinajstić information content (AvgIpc) is 2.41. The first-order chi connectivity index (χ1) is 9.24. The molecule has 6 heteroatoms. The van der Waals surface area contributed by atoms with Crippen LogP contribution in [0.25, 0.3) is 11.0 Å². The monoisotopic (exact) mass is 332 g/mol. The Morgan fingerprint density at radius 1 is 1.11 bits per heavy atom. The predicted molar refractivity (Wildman–Crippen MR) is 80.0 cm³/mol. The normalized spacial score (nSPS) is 10.8. The summed E-state index contributed by atoms with van der Waals surface area (Å²) in [6, 6.07) is 7.51. The molecule has 0 spiro atoms. The Balaban J connectivity index is 2.09. The highest BCUT2D eigenvalue weighted by atomic mass is 79.9. The smallest absolute Gasteiger partial charge is 0.124 e. The highest BCUT2D eigenvalue weighted by Gasteiger charge is 2.08. The van der Waals surface area contributed by atoms with Gasteiger partial charge in [-0.2, -0.15) is 0 Å². The van der Waals surface area contributed by atoms with Crippen LogP contribution >= 0.6 is 27.7 Å². The van der Waals surface area contributed by atoms with Crippen LogP contribution in [-0.4, -0.2) is 15.0 Å². The van der Waals surface area contributed by atoms with Gasteiger partial charge in [0.05, 0.1) is 11.2 Å². The molecule has 19 heavy (non-hydrogen) atoms. The summed E-state index contributed by atoms with van der Waals surface area (Å²) in [5.41, 5.74) is 8.26. The van der Waals surface area contributed by atoms with E-state index in [9.17, 15) is 0 Å². The maximum Gasteiger partial charge on any atom is 0.124 e. The SMILES string of the molecule is Nc1cccnc1Sc1ccnc2cc(Br)cnc12. The number of hydrogen-bond donors (Lipinski definition) is 1. The molecule has 0 radical (unpaired) electrons. The number of hydrogen-bond acceptors (Lipinski definition) is 5. The molecule has 3 rings (SSSR count). The third-order valence-corrected chi connectivity index (χ3v) is 4.03. The van der Waals surface area contributed by atoms with Crippen molar-refractivity contribution in [3.8, 4) is 0 Å². The largest absolute Gasteiger partial charge is 0.397 e. The summed E-state index contributed by atoms with van der Waals surface area (Å²) >= 11 is 4.89. The van der Waals surface area contributed by atoms with Crippen LogP contribution in [0.3, 0.4) is 0 Å². The lowest BCUT2D eigenvalue weighted by molar-refractivity contribution is 1.14. The first kappa shape index (κ1) is 12.4. The number of pyridine rings is 3. The van der Waals surface area contributed by atoms with Crippen molar-refractivity contribution in [3.63, 3.8) is 0 Å². The molecule has 0 amide bonds. The van der Waals surface area contributed by atoms with Crippen LogP contribution in [0.1, 0.15) is 0 Å².